The van der Waals surface area contributed by atoms with Crippen molar-refractivity contribution in [1.29, 1.82) is 0 Å². The molecule has 0 bridgehead atoms. The molecule has 1 N–H and O–H groups in total. The quantitative estimate of drug-likeness (QED) is 0.745. The van der Waals surface area contributed by atoms with E-state index < -0.39 is 10.9 Å². The van der Waals surface area contributed by atoms with Gasteiger partial charge in [0.25, 0.3) is 4.93 Å². The topological polar surface area (TPSA) is 47.6 Å². The van der Waals surface area contributed by atoms with Gasteiger partial charge in [0, 0.05) is 24.6 Å². The van der Waals surface area contributed by atoms with Crippen LogP contribution in [0.15, 0.2) is 30.3 Å². The SMILES string of the molecule is COC1(c2ccccc2)SNOC1=O. The van der Waals surface area contributed by atoms with Gasteiger partial charge in [0.15, 0.2) is 0 Å². The van der Waals surface area contributed by atoms with Crippen LogP contribution in [0.2, 0.25) is 0 Å². The van der Waals surface area contributed by atoms with E-state index in [-0.39, 0.29) is 0 Å². The summed E-state index contributed by atoms with van der Waals surface area (Å²) >= 11 is 1.11. The second kappa shape index (κ2) is 3.61. The second-order valence-electron chi connectivity index (χ2n) is 2.76. The van der Waals surface area contributed by atoms with Crippen molar-refractivity contribution in [2.75, 3.05) is 7.11 Å². The van der Waals surface area contributed by atoms with Gasteiger partial charge >= 0.3 is 5.97 Å². The maximum atomic E-state index is 11.5. The van der Waals surface area contributed by atoms with Crippen molar-refractivity contribution in [3.8, 4) is 0 Å². The maximum absolute atomic E-state index is 11.5. The van der Waals surface area contributed by atoms with Crippen LogP contribution in [0.25, 0.3) is 0 Å². The Bertz CT molecular complexity index is 343. The van der Waals surface area contributed by atoms with Gasteiger partial charge in [-0.25, -0.2) is 4.79 Å². The van der Waals surface area contributed by atoms with Gasteiger partial charge in [0.1, 0.15) is 0 Å². The van der Waals surface area contributed by atoms with Gasteiger partial charge in [-0.1, -0.05) is 35.2 Å². The molecule has 1 fully saturated rings. The molecule has 14 heavy (non-hydrogen) atoms. The minimum atomic E-state index is -1.07. The Morgan fingerprint density at radius 2 is 2.14 bits per heavy atom. The van der Waals surface area contributed by atoms with Crippen LogP contribution in [0.3, 0.4) is 0 Å². The zero-order valence-corrected chi connectivity index (χ0v) is 8.34. The van der Waals surface area contributed by atoms with Crippen LogP contribution in [0.1, 0.15) is 5.56 Å². The van der Waals surface area contributed by atoms with E-state index in [9.17, 15) is 4.79 Å². The highest BCUT2D eigenvalue weighted by Gasteiger charge is 2.48. The zero-order chi connectivity index (χ0) is 10.0. The standard InChI is InChI=1S/C9H9NO3S/c1-12-9(8(11)13-10-14-9)7-5-3-2-4-6-7/h2-6,10H,1H3. The molecule has 0 aromatic heterocycles. The molecule has 74 valence electrons. The molecule has 1 aliphatic heterocycles. The van der Waals surface area contributed by atoms with Gasteiger partial charge in [0.05, 0.1) is 0 Å². The van der Waals surface area contributed by atoms with Crippen LogP contribution in [0, 0.1) is 0 Å². The molecule has 0 saturated carbocycles. The van der Waals surface area contributed by atoms with Crippen LogP contribution < -0.4 is 4.89 Å². The Labute approximate surface area is 85.7 Å². The van der Waals surface area contributed by atoms with E-state index in [4.69, 9.17) is 4.74 Å². The first kappa shape index (κ1) is 9.51. The van der Waals surface area contributed by atoms with Crippen LogP contribution in [-0.2, 0) is 19.3 Å². The zero-order valence-electron chi connectivity index (χ0n) is 7.52. The van der Waals surface area contributed by atoms with Gasteiger partial charge in [-0.2, -0.15) is 0 Å². The molecular weight excluding hydrogens is 202 g/mol. The van der Waals surface area contributed by atoms with Crippen molar-refractivity contribution in [2.24, 2.45) is 0 Å². The van der Waals surface area contributed by atoms with Gasteiger partial charge in [-0.05, 0) is 0 Å². The number of benzene rings is 1. The third-order valence-electron chi connectivity index (χ3n) is 2.03. The molecule has 0 aliphatic carbocycles. The van der Waals surface area contributed by atoms with E-state index in [0.717, 1.165) is 17.5 Å². The molecule has 0 spiro atoms. The molecule has 1 unspecified atom stereocenters. The first-order valence-electron chi connectivity index (χ1n) is 4.04. The van der Waals surface area contributed by atoms with E-state index in [1.807, 2.05) is 30.3 Å². The molecule has 2 rings (SSSR count). The summed E-state index contributed by atoms with van der Waals surface area (Å²) in [5.74, 6) is -0.434. The van der Waals surface area contributed by atoms with Crippen LogP contribution in [-0.4, -0.2) is 13.1 Å². The highest BCUT2D eigenvalue weighted by Crippen LogP contribution is 2.40. The number of rotatable bonds is 2. The minimum Gasteiger partial charge on any atom is -0.356 e. The Hall–Kier alpha value is -1.04. The van der Waals surface area contributed by atoms with Crippen molar-refractivity contribution in [1.82, 2.24) is 4.89 Å². The lowest BCUT2D eigenvalue weighted by molar-refractivity contribution is -0.157. The van der Waals surface area contributed by atoms with E-state index in [2.05, 4.69) is 9.72 Å². The van der Waals surface area contributed by atoms with Crippen LogP contribution in [0.4, 0.5) is 0 Å². The van der Waals surface area contributed by atoms with Gasteiger partial charge in [-0.3, -0.25) is 0 Å². The first-order chi connectivity index (χ1) is 6.79. The maximum Gasteiger partial charge on any atom is 0.374 e. The summed E-state index contributed by atoms with van der Waals surface area (Å²) in [4.78, 5) is 17.5. The Kier molecular flexibility index (Phi) is 2.45. The summed E-state index contributed by atoms with van der Waals surface area (Å²) < 4.78 is 5.22. The van der Waals surface area contributed by atoms with Gasteiger partial charge < -0.3 is 9.57 Å². The van der Waals surface area contributed by atoms with Crippen molar-refractivity contribution < 1.29 is 14.4 Å². The predicted octanol–water partition coefficient (Wildman–Crippen LogP) is 1.20. The molecule has 4 nitrogen and oxygen atoms in total. The third-order valence-corrected chi connectivity index (χ3v) is 3.05. The molecule has 0 amide bonds. The summed E-state index contributed by atoms with van der Waals surface area (Å²) in [6.45, 7) is 0. The smallest absolute Gasteiger partial charge is 0.356 e. The number of methoxy groups -OCH3 is 1. The van der Waals surface area contributed by atoms with Crippen LogP contribution in [0.5, 0.6) is 0 Å². The molecule has 1 saturated heterocycles. The molecule has 1 atom stereocenters. The van der Waals surface area contributed by atoms with Crippen molar-refractivity contribution >= 4 is 17.9 Å². The fourth-order valence-electron chi connectivity index (χ4n) is 1.30. The summed E-state index contributed by atoms with van der Waals surface area (Å²) in [7, 11) is 1.48. The lowest BCUT2D eigenvalue weighted by Crippen LogP contribution is -2.30. The Morgan fingerprint density at radius 1 is 1.43 bits per heavy atom. The molecular formula is C9H9NO3S. The van der Waals surface area contributed by atoms with Crippen LogP contribution >= 0.6 is 11.9 Å². The van der Waals surface area contributed by atoms with E-state index in [1.54, 1.807) is 0 Å². The molecule has 1 aliphatic rings. The molecule has 0 radical (unpaired) electrons. The van der Waals surface area contributed by atoms with Crippen molar-refractivity contribution in [2.45, 2.75) is 4.93 Å². The van der Waals surface area contributed by atoms with Gasteiger partial charge in [-0.15, -0.1) is 0 Å². The summed E-state index contributed by atoms with van der Waals surface area (Å²) in [6.07, 6.45) is 0. The number of ether oxygens (including phenoxy) is 1. The lowest BCUT2D eigenvalue weighted by Gasteiger charge is -2.20. The second-order valence-corrected chi connectivity index (χ2v) is 3.71. The number of carbonyl (C=O) groups is 1. The highest BCUT2D eigenvalue weighted by molar-refractivity contribution is 7.99. The fourth-order valence-corrected chi connectivity index (χ4v) is 2.00. The summed E-state index contributed by atoms with van der Waals surface area (Å²) in [5, 5.41) is 0. The molecule has 5 heteroatoms. The average Bonchev–Trinajstić information content (AvgIpc) is 2.62. The number of hydrogen-bond donors (Lipinski definition) is 1. The first-order valence-corrected chi connectivity index (χ1v) is 4.86. The average molecular weight is 211 g/mol. The summed E-state index contributed by atoms with van der Waals surface area (Å²) in [5.41, 5.74) is 0.766. The Balaban J connectivity index is 2.43. The van der Waals surface area contributed by atoms with E-state index >= 15 is 0 Å². The minimum absolute atomic E-state index is 0.434. The third kappa shape index (κ3) is 1.30. The van der Waals surface area contributed by atoms with Crippen molar-refractivity contribution in [3.63, 3.8) is 0 Å². The monoisotopic (exact) mass is 211 g/mol. The molecule has 1 aromatic rings. The van der Waals surface area contributed by atoms with E-state index in [1.165, 1.54) is 7.11 Å². The Morgan fingerprint density at radius 3 is 2.64 bits per heavy atom. The molecule has 1 aromatic carbocycles. The normalized spacial score (nSPS) is 26.2. The predicted molar refractivity (Wildman–Crippen MR) is 51.9 cm³/mol. The number of carbonyl (C=O) groups excluding carboxylic acids is 1. The highest BCUT2D eigenvalue weighted by atomic mass is 32.2. The van der Waals surface area contributed by atoms with Crippen molar-refractivity contribution in [3.05, 3.63) is 35.9 Å². The lowest BCUT2D eigenvalue weighted by atomic mass is 10.1. The number of hydrogen-bond acceptors (Lipinski definition) is 5. The van der Waals surface area contributed by atoms with Gasteiger partial charge in [0.2, 0.25) is 0 Å². The number of nitrogens with one attached hydrogen (secondary N) is 1. The van der Waals surface area contributed by atoms with E-state index in [0.29, 0.717) is 0 Å². The largest absolute Gasteiger partial charge is 0.374 e. The molecule has 1 heterocycles. The fraction of sp³-hybridized carbons (Fsp3) is 0.222. The summed E-state index contributed by atoms with van der Waals surface area (Å²) in [6, 6.07) is 9.23.